The summed E-state index contributed by atoms with van der Waals surface area (Å²) in [5.74, 6) is -0.463. The van der Waals surface area contributed by atoms with Crippen molar-refractivity contribution < 1.29 is 19.1 Å². The van der Waals surface area contributed by atoms with Crippen LogP contribution in [0.2, 0.25) is 0 Å². The van der Waals surface area contributed by atoms with Crippen molar-refractivity contribution in [1.29, 1.82) is 0 Å². The molecule has 1 aliphatic rings. The Kier molecular flexibility index (Phi) is 6.19. The molecule has 0 aliphatic carbocycles. The van der Waals surface area contributed by atoms with Crippen LogP contribution in [0, 0.1) is 13.8 Å². The molecule has 0 spiro atoms. The molecule has 3 amide bonds. The zero-order valence-corrected chi connectivity index (χ0v) is 19.4. The Morgan fingerprint density at radius 3 is 2.26 bits per heavy atom. The molecule has 2 N–H and O–H groups in total. The van der Waals surface area contributed by atoms with E-state index in [1.54, 1.807) is 55.6 Å². The fraction of sp³-hybridized carbons (Fsp3) is 0.148. The quantitative estimate of drug-likeness (QED) is 0.528. The SMILES string of the molecule is COc1cccc(NC2=C(c3ccc(C)cc3C)C(=O)N(c3ccc(NC(C)=O)cc3)C2=O)c1. The Morgan fingerprint density at radius 2 is 1.62 bits per heavy atom. The van der Waals surface area contributed by atoms with E-state index in [4.69, 9.17) is 4.74 Å². The highest BCUT2D eigenvalue weighted by Gasteiger charge is 2.40. The summed E-state index contributed by atoms with van der Waals surface area (Å²) < 4.78 is 5.29. The van der Waals surface area contributed by atoms with E-state index in [2.05, 4.69) is 10.6 Å². The first kappa shape index (κ1) is 22.8. The van der Waals surface area contributed by atoms with E-state index in [0.717, 1.165) is 16.0 Å². The molecule has 0 saturated heterocycles. The second-order valence-corrected chi connectivity index (χ2v) is 8.10. The second-order valence-electron chi connectivity index (χ2n) is 8.10. The molecule has 0 fully saturated rings. The van der Waals surface area contributed by atoms with Crippen molar-refractivity contribution in [3.8, 4) is 5.75 Å². The van der Waals surface area contributed by atoms with E-state index in [9.17, 15) is 14.4 Å². The molecule has 172 valence electrons. The highest BCUT2D eigenvalue weighted by atomic mass is 16.5. The first-order valence-electron chi connectivity index (χ1n) is 10.8. The molecule has 0 unspecified atom stereocenters. The molecule has 0 aromatic heterocycles. The molecule has 0 radical (unpaired) electrons. The van der Waals surface area contributed by atoms with Crippen LogP contribution in [0.5, 0.6) is 5.75 Å². The van der Waals surface area contributed by atoms with Crippen LogP contribution in [0.1, 0.15) is 23.6 Å². The number of nitrogens with one attached hydrogen (secondary N) is 2. The van der Waals surface area contributed by atoms with E-state index in [0.29, 0.717) is 33.9 Å². The lowest BCUT2D eigenvalue weighted by molar-refractivity contribution is -0.120. The van der Waals surface area contributed by atoms with Crippen molar-refractivity contribution in [2.75, 3.05) is 22.6 Å². The molecule has 0 atom stereocenters. The Bertz CT molecular complexity index is 1330. The fourth-order valence-electron chi connectivity index (χ4n) is 3.97. The molecular formula is C27H25N3O4. The van der Waals surface area contributed by atoms with Crippen molar-refractivity contribution in [3.05, 3.63) is 89.1 Å². The average molecular weight is 456 g/mol. The van der Waals surface area contributed by atoms with E-state index < -0.39 is 11.8 Å². The molecule has 3 aromatic rings. The number of hydrogen-bond acceptors (Lipinski definition) is 5. The van der Waals surface area contributed by atoms with Gasteiger partial charge in [0.2, 0.25) is 5.91 Å². The number of amides is 3. The van der Waals surface area contributed by atoms with Gasteiger partial charge in [0.1, 0.15) is 11.4 Å². The maximum Gasteiger partial charge on any atom is 0.282 e. The molecule has 4 rings (SSSR count). The van der Waals surface area contributed by atoms with Crippen molar-refractivity contribution in [1.82, 2.24) is 0 Å². The summed E-state index contributed by atoms with van der Waals surface area (Å²) in [6.45, 7) is 5.31. The third-order valence-corrected chi connectivity index (χ3v) is 5.52. The van der Waals surface area contributed by atoms with Gasteiger partial charge in [-0.25, -0.2) is 4.90 Å². The lowest BCUT2D eigenvalue weighted by Gasteiger charge is -2.16. The zero-order valence-electron chi connectivity index (χ0n) is 19.4. The summed E-state index contributed by atoms with van der Waals surface area (Å²) >= 11 is 0. The summed E-state index contributed by atoms with van der Waals surface area (Å²) in [6, 6.07) is 19.5. The number of nitrogens with zero attached hydrogens (tertiary/aromatic N) is 1. The molecule has 3 aromatic carbocycles. The number of anilines is 3. The minimum absolute atomic E-state index is 0.191. The molecule has 7 nitrogen and oxygen atoms in total. The number of imide groups is 1. The minimum Gasteiger partial charge on any atom is -0.497 e. The number of benzene rings is 3. The van der Waals surface area contributed by atoms with Crippen LogP contribution in [0.25, 0.3) is 5.57 Å². The molecule has 1 aliphatic heterocycles. The number of carbonyl (C=O) groups excluding carboxylic acids is 3. The van der Waals surface area contributed by atoms with Crippen LogP contribution >= 0.6 is 0 Å². The van der Waals surface area contributed by atoms with Gasteiger partial charge < -0.3 is 15.4 Å². The largest absolute Gasteiger partial charge is 0.497 e. The van der Waals surface area contributed by atoms with Gasteiger partial charge >= 0.3 is 0 Å². The monoisotopic (exact) mass is 455 g/mol. The van der Waals surface area contributed by atoms with Gasteiger partial charge in [0.05, 0.1) is 18.4 Å². The summed E-state index contributed by atoms with van der Waals surface area (Å²) in [5.41, 5.74) is 4.75. The molecular weight excluding hydrogens is 430 g/mol. The van der Waals surface area contributed by atoms with Crippen LogP contribution in [-0.2, 0) is 14.4 Å². The van der Waals surface area contributed by atoms with Crippen LogP contribution < -0.4 is 20.3 Å². The summed E-state index contributed by atoms with van der Waals surface area (Å²) in [7, 11) is 1.57. The minimum atomic E-state index is -0.463. The van der Waals surface area contributed by atoms with Crippen molar-refractivity contribution >= 4 is 40.4 Å². The van der Waals surface area contributed by atoms with E-state index in [-0.39, 0.29) is 11.6 Å². The highest BCUT2D eigenvalue weighted by Crippen LogP contribution is 2.36. The second kappa shape index (κ2) is 9.23. The molecule has 0 saturated carbocycles. The summed E-state index contributed by atoms with van der Waals surface area (Å²) in [4.78, 5) is 39.7. The van der Waals surface area contributed by atoms with Gasteiger partial charge in [0, 0.05) is 24.4 Å². The van der Waals surface area contributed by atoms with Gasteiger partial charge in [-0.05, 0) is 61.4 Å². The van der Waals surface area contributed by atoms with Gasteiger partial charge in [-0.2, -0.15) is 0 Å². The first-order valence-corrected chi connectivity index (χ1v) is 10.8. The van der Waals surface area contributed by atoms with Gasteiger partial charge in [0.15, 0.2) is 0 Å². The first-order chi connectivity index (χ1) is 16.3. The third kappa shape index (κ3) is 4.41. The fourth-order valence-corrected chi connectivity index (χ4v) is 3.97. The number of hydrogen-bond donors (Lipinski definition) is 2. The number of ether oxygens (including phenoxy) is 1. The van der Waals surface area contributed by atoms with Gasteiger partial charge in [-0.3, -0.25) is 14.4 Å². The van der Waals surface area contributed by atoms with E-state index >= 15 is 0 Å². The predicted molar refractivity (Wildman–Crippen MR) is 133 cm³/mol. The summed E-state index contributed by atoms with van der Waals surface area (Å²) in [5, 5.41) is 5.84. The Hall–Kier alpha value is -4.39. The smallest absolute Gasteiger partial charge is 0.282 e. The van der Waals surface area contributed by atoms with Gasteiger partial charge in [-0.1, -0.05) is 29.8 Å². The molecule has 34 heavy (non-hydrogen) atoms. The molecule has 1 heterocycles. The Morgan fingerprint density at radius 1 is 0.882 bits per heavy atom. The van der Waals surface area contributed by atoms with Crippen molar-refractivity contribution in [2.24, 2.45) is 0 Å². The maximum absolute atomic E-state index is 13.7. The van der Waals surface area contributed by atoms with E-state index in [1.165, 1.54) is 6.92 Å². The topological polar surface area (TPSA) is 87.7 Å². The number of aryl methyl sites for hydroxylation is 2. The number of rotatable bonds is 6. The van der Waals surface area contributed by atoms with E-state index in [1.807, 2.05) is 32.0 Å². The Balaban J connectivity index is 1.79. The lowest BCUT2D eigenvalue weighted by atomic mass is 9.97. The van der Waals surface area contributed by atoms with Crippen molar-refractivity contribution in [3.63, 3.8) is 0 Å². The summed E-state index contributed by atoms with van der Waals surface area (Å²) in [6.07, 6.45) is 0. The van der Waals surface area contributed by atoms with Crippen molar-refractivity contribution in [2.45, 2.75) is 20.8 Å². The van der Waals surface area contributed by atoms with Crippen LogP contribution in [0.4, 0.5) is 17.1 Å². The number of methoxy groups -OCH3 is 1. The standard InChI is InChI=1S/C27H25N3O4/c1-16-8-13-23(17(2)14-16)24-25(29-20-6-5-7-22(15-20)34-4)27(33)30(26(24)32)21-11-9-19(10-12-21)28-18(3)31/h5-15,29H,1-4H3,(H,28,31). The average Bonchev–Trinajstić information content (AvgIpc) is 3.04. The maximum atomic E-state index is 13.7. The predicted octanol–water partition coefficient (Wildman–Crippen LogP) is 4.67. The molecule has 0 bridgehead atoms. The van der Waals surface area contributed by atoms with Crippen LogP contribution in [-0.4, -0.2) is 24.8 Å². The Labute approximate surface area is 198 Å². The normalized spacial score (nSPS) is 13.4. The zero-order chi connectivity index (χ0) is 24.4. The van der Waals surface area contributed by atoms with Crippen LogP contribution in [0.3, 0.4) is 0 Å². The number of carbonyl (C=O) groups is 3. The van der Waals surface area contributed by atoms with Gasteiger partial charge in [0.25, 0.3) is 11.8 Å². The third-order valence-electron chi connectivity index (χ3n) is 5.52. The van der Waals surface area contributed by atoms with Gasteiger partial charge in [-0.15, -0.1) is 0 Å². The molecule has 7 heteroatoms. The van der Waals surface area contributed by atoms with Crippen LogP contribution in [0.15, 0.2) is 72.4 Å². The lowest BCUT2D eigenvalue weighted by Crippen LogP contribution is -2.32. The highest BCUT2D eigenvalue weighted by molar-refractivity contribution is 6.46.